The molecule has 2 heterocycles. The van der Waals surface area contributed by atoms with E-state index < -0.39 is 0 Å². The Morgan fingerprint density at radius 2 is 2.00 bits per heavy atom. The third-order valence-corrected chi connectivity index (χ3v) is 4.26. The van der Waals surface area contributed by atoms with Crippen molar-refractivity contribution in [2.75, 3.05) is 5.32 Å². The Labute approximate surface area is 118 Å². The number of aromatic nitrogens is 3. The highest BCUT2D eigenvalue weighted by Gasteiger charge is 2.11. The van der Waals surface area contributed by atoms with Crippen molar-refractivity contribution in [3.05, 3.63) is 34.2 Å². The lowest BCUT2D eigenvalue weighted by Crippen LogP contribution is -2.08. The summed E-state index contributed by atoms with van der Waals surface area (Å²) in [6.45, 7) is 8.51. The summed E-state index contributed by atoms with van der Waals surface area (Å²) in [5.74, 6) is 1.27. The van der Waals surface area contributed by atoms with E-state index in [2.05, 4.69) is 48.0 Å². The van der Waals surface area contributed by atoms with Gasteiger partial charge in [-0.2, -0.15) is 0 Å². The van der Waals surface area contributed by atoms with Crippen molar-refractivity contribution in [3.8, 4) is 0 Å². The zero-order chi connectivity index (χ0) is 13.8. The molecule has 102 valence electrons. The Hall–Kier alpha value is -1.49. The molecule has 0 radical (unpaired) electrons. The number of hydrogen-bond donors (Lipinski definition) is 1. The predicted molar refractivity (Wildman–Crippen MR) is 79.7 cm³/mol. The molecule has 0 aliphatic rings. The van der Waals surface area contributed by atoms with Crippen LogP contribution in [0.2, 0.25) is 0 Å². The molecule has 0 bridgehead atoms. The van der Waals surface area contributed by atoms with E-state index in [0.717, 1.165) is 22.9 Å². The summed E-state index contributed by atoms with van der Waals surface area (Å²) in [4.78, 5) is 14.3. The minimum absolute atomic E-state index is 0.167. The minimum Gasteiger partial charge on any atom is -0.361 e. The molecule has 0 aromatic carbocycles. The van der Waals surface area contributed by atoms with Crippen molar-refractivity contribution in [2.24, 2.45) is 0 Å². The fourth-order valence-corrected chi connectivity index (χ4v) is 2.60. The summed E-state index contributed by atoms with van der Waals surface area (Å²) in [5.41, 5.74) is 1.05. The van der Waals surface area contributed by atoms with Gasteiger partial charge in [0, 0.05) is 22.8 Å². The van der Waals surface area contributed by atoms with E-state index in [9.17, 15) is 0 Å². The number of rotatable bonds is 5. The zero-order valence-electron chi connectivity index (χ0n) is 11.8. The van der Waals surface area contributed by atoms with Crippen LogP contribution in [-0.4, -0.2) is 15.0 Å². The maximum absolute atomic E-state index is 4.45. The molecule has 0 spiro atoms. The van der Waals surface area contributed by atoms with Crippen LogP contribution in [0.15, 0.2) is 18.6 Å². The molecule has 1 atom stereocenters. The topological polar surface area (TPSA) is 50.7 Å². The van der Waals surface area contributed by atoms with Gasteiger partial charge >= 0.3 is 0 Å². The maximum atomic E-state index is 4.45. The molecule has 0 aliphatic carbocycles. The summed E-state index contributed by atoms with van der Waals surface area (Å²) in [7, 11) is 0. The summed E-state index contributed by atoms with van der Waals surface area (Å²) >= 11 is 1.75. The van der Waals surface area contributed by atoms with Gasteiger partial charge in [-0.3, -0.25) is 0 Å². The molecular formula is C14H20N4S. The van der Waals surface area contributed by atoms with E-state index in [1.165, 1.54) is 4.88 Å². The third kappa shape index (κ3) is 3.50. The first-order valence-corrected chi connectivity index (χ1v) is 7.44. The van der Waals surface area contributed by atoms with Crippen molar-refractivity contribution in [1.29, 1.82) is 0 Å². The van der Waals surface area contributed by atoms with Crippen LogP contribution in [0, 0.1) is 0 Å². The van der Waals surface area contributed by atoms with Crippen LogP contribution in [0.4, 0.5) is 5.82 Å². The molecule has 5 heteroatoms. The normalized spacial score (nSPS) is 12.7. The standard InChI is InChI=1S/C14H20N4S/c1-5-11-7-15-14(19-11)10(4)18-13-6-12(9(2)3)16-8-17-13/h6-10H,5H2,1-4H3,(H,16,17,18). The smallest absolute Gasteiger partial charge is 0.130 e. The SMILES string of the molecule is CCc1cnc(C(C)Nc2cc(C(C)C)ncn2)s1. The Morgan fingerprint density at radius 1 is 1.21 bits per heavy atom. The van der Waals surface area contributed by atoms with Crippen LogP contribution in [0.5, 0.6) is 0 Å². The van der Waals surface area contributed by atoms with E-state index in [1.807, 2.05) is 12.3 Å². The predicted octanol–water partition coefficient (Wildman–Crippen LogP) is 3.79. The quantitative estimate of drug-likeness (QED) is 0.902. The lowest BCUT2D eigenvalue weighted by Gasteiger charge is -2.13. The second kappa shape index (κ2) is 6.10. The lowest BCUT2D eigenvalue weighted by atomic mass is 10.1. The number of hydrogen-bond acceptors (Lipinski definition) is 5. The second-order valence-electron chi connectivity index (χ2n) is 4.87. The van der Waals surface area contributed by atoms with Gasteiger partial charge < -0.3 is 5.32 Å². The number of anilines is 1. The summed E-state index contributed by atoms with van der Waals surface area (Å²) < 4.78 is 0. The summed E-state index contributed by atoms with van der Waals surface area (Å²) in [5, 5.41) is 4.49. The average Bonchev–Trinajstić information content (AvgIpc) is 2.88. The first kappa shape index (κ1) is 13.9. The Balaban J connectivity index is 2.09. The molecule has 19 heavy (non-hydrogen) atoms. The largest absolute Gasteiger partial charge is 0.361 e. The molecule has 0 saturated heterocycles. The van der Waals surface area contributed by atoms with Crippen molar-refractivity contribution < 1.29 is 0 Å². The highest BCUT2D eigenvalue weighted by molar-refractivity contribution is 7.11. The molecule has 2 rings (SSSR count). The Kier molecular flexibility index (Phi) is 4.47. The number of nitrogens with one attached hydrogen (secondary N) is 1. The summed E-state index contributed by atoms with van der Waals surface area (Å²) in [6, 6.07) is 2.18. The Morgan fingerprint density at radius 3 is 2.63 bits per heavy atom. The van der Waals surface area contributed by atoms with Gasteiger partial charge in [-0.15, -0.1) is 11.3 Å². The molecule has 0 aliphatic heterocycles. The Bertz CT molecular complexity index is 536. The number of nitrogens with zero attached hydrogens (tertiary/aromatic N) is 3. The van der Waals surface area contributed by atoms with Gasteiger partial charge in [-0.05, 0) is 19.3 Å². The molecule has 4 nitrogen and oxygen atoms in total. The first-order valence-electron chi connectivity index (χ1n) is 6.63. The van der Waals surface area contributed by atoms with Gasteiger partial charge in [0.2, 0.25) is 0 Å². The van der Waals surface area contributed by atoms with Crippen molar-refractivity contribution in [2.45, 2.75) is 46.1 Å². The third-order valence-electron chi connectivity index (χ3n) is 2.93. The van der Waals surface area contributed by atoms with Crippen molar-refractivity contribution >= 4 is 17.2 Å². The van der Waals surface area contributed by atoms with Crippen LogP contribution >= 0.6 is 11.3 Å². The highest BCUT2D eigenvalue weighted by Crippen LogP contribution is 2.24. The molecule has 0 saturated carbocycles. The van der Waals surface area contributed by atoms with Crippen LogP contribution in [0.1, 0.15) is 55.2 Å². The molecular weight excluding hydrogens is 256 g/mol. The van der Waals surface area contributed by atoms with Gasteiger partial charge in [0.1, 0.15) is 17.2 Å². The van der Waals surface area contributed by atoms with Gasteiger partial charge in [-0.1, -0.05) is 20.8 Å². The maximum Gasteiger partial charge on any atom is 0.130 e. The molecule has 1 N–H and O–H groups in total. The highest BCUT2D eigenvalue weighted by atomic mass is 32.1. The molecule has 0 amide bonds. The second-order valence-corrected chi connectivity index (χ2v) is 6.01. The monoisotopic (exact) mass is 276 g/mol. The number of thiazole rings is 1. The van der Waals surface area contributed by atoms with Crippen LogP contribution < -0.4 is 5.32 Å². The molecule has 2 aromatic heterocycles. The van der Waals surface area contributed by atoms with E-state index >= 15 is 0 Å². The van der Waals surface area contributed by atoms with E-state index in [0.29, 0.717) is 5.92 Å². The lowest BCUT2D eigenvalue weighted by molar-refractivity contribution is 0.805. The van der Waals surface area contributed by atoms with Crippen molar-refractivity contribution in [1.82, 2.24) is 15.0 Å². The van der Waals surface area contributed by atoms with Crippen LogP contribution in [0.25, 0.3) is 0 Å². The molecule has 0 fully saturated rings. The minimum atomic E-state index is 0.167. The van der Waals surface area contributed by atoms with Crippen LogP contribution in [-0.2, 0) is 6.42 Å². The van der Waals surface area contributed by atoms with Crippen molar-refractivity contribution in [3.63, 3.8) is 0 Å². The number of aryl methyl sites for hydroxylation is 1. The molecule has 2 aromatic rings. The first-order chi connectivity index (χ1) is 9.10. The summed E-state index contributed by atoms with van der Waals surface area (Å²) in [6.07, 6.45) is 4.61. The fourth-order valence-electron chi connectivity index (χ4n) is 1.74. The van der Waals surface area contributed by atoms with E-state index in [-0.39, 0.29) is 6.04 Å². The van der Waals surface area contributed by atoms with Gasteiger partial charge in [0.15, 0.2) is 0 Å². The van der Waals surface area contributed by atoms with E-state index in [4.69, 9.17) is 0 Å². The molecule has 1 unspecified atom stereocenters. The van der Waals surface area contributed by atoms with E-state index in [1.54, 1.807) is 17.7 Å². The van der Waals surface area contributed by atoms with Gasteiger partial charge in [0.05, 0.1) is 6.04 Å². The van der Waals surface area contributed by atoms with Gasteiger partial charge in [-0.25, -0.2) is 15.0 Å². The van der Waals surface area contributed by atoms with Crippen LogP contribution in [0.3, 0.4) is 0 Å². The average molecular weight is 276 g/mol. The fraction of sp³-hybridized carbons (Fsp3) is 0.500. The van der Waals surface area contributed by atoms with Gasteiger partial charge in [0.25, 0.3) is 0 Å². The zero-order valence-corrected chi connectivity index (χ0v) is 12.7.